The van der Waals surface area contributed by atoms with Crippen LogP contribution in [0.5, 0.6) is 0 Å². The van der Waals surface area contributed by atoms with Crippen molar-refractivity contribution in [1.82, 2.24) is 4.57 Å². The molecule has 2 nitrogen and oxygen atoms in total. The van der Waals surface area contributed by atoms with Crippen LogP contribution < -0.4 is 0 Å². The summed E-state index contributed by atoms with van der Waals surface area (Å²) in [4.78, 5) is 4.85. The first-order valence-electron chi connectivity index (χ1n) is 8.54. The van der Waals surface area contributed by atoms with Crippen LogP contribution in [0.25, 0.3) is 10.9 Å². The summed E-state index contributed by atoms with van der Waals surface area (Å²) >= 11 is 0. The van der Waals surface area contributed by atoms with E-state index in [0.29, 0.717) is 0 Å². The predicted molar refractivity (Wildman–Crippen MR) is 106 cm³/mol. The number of rotatable bonds is 4. The Bertz CT molecular complexity index is 1010. The number of aryl methyl sites for hydroxylation is 1. The Morgan fingerprint density at radius 2 is 1.44 bits per heavy atom. The van der Waals surface area contributed by atoms with Gasteiger partial charge in [-0.05, 0) is 24.1 Å². The van der Waals surface area contributed by atoms with Crippen molar-refractivity contribution < 1.29 is 0 Å². The first kappa shape index (κ1) is 15.4. The standard InChI is InChI=1S/C23H20N2/c1-18-21-14-8-9-15-22(21)25(17-20-12-6-3-7-13-20)23(18)24-16-19-10-4-2-5-11-19/h2-16H,17H2,1H3. The molecule has 0 N–H and O–H groups in total. The van der Waals surface area contributed by atoms with E-state index in [9.17, 15) is 0 Å². The highest BCUT2D eigenvalue weighted by atomic mass is 15.1. The average Bonchev–Trinajstić information content (AvgIpc) is 2.94. The van der Waals surface area contributed by atoms with Gasteiger partial charge in [-0.25, -0.2) is 4.99 Å². The predicted octanol–water partition coefficient (Wildman–Crippen LogP) is 5.75. The van der Waals surface area contributed by atoms with Crippen LogP contribution in [-0.4, -0.2) is 10.8 Å². The third kappa shape index (κ3) is 3.11. The lowest BCUT2D eigenvalue weighted by atomic mass is 10.2. The van der Waals surface area contributed by atoms with Crippen LogP contribution in [0.4, 0.5) is 5.82 Å². The van der Waals surface area contributed by atoms with Gasteiger partial charge in [0.1, 0.15) is 5.82 Å². The lowest BCUT2D eigenvalue weighted by Gasteiger charge is -2.08. The van der Waals surface area contributed by atoms with E-state index in [1.165, 1.54) is 22.0 Å². The number of aliphatic imine (C=N–C) groups is 1. The second-order valence-electron chi connectivity index (χ2n) is 6.21. The number of hydrogen-bond acceptors (Lipinski definition) is 1. The van der Waals surface area contributed by atoms with Crippen LogP contribution in [0, 0.1) is 6.92 Å². The maximum atomic E-state index is 4.85. The summed E-state index contributed by atoms with van der Waals surface area (Å²) in [6.07, 6.45) is 1.95. The van der Waals surface area contributed by atoms with Gasteiger partial charge in [-0.15, -0.1) is 0 Å². The summed E-state index contributed by atoms with van der Waals surface area (Å²) in [5, 5.41) is 1.26. The summed E-state index contributed by atoms with van der Waals surface area (Å²) in [5.41, 5.74) is 4.83. The van der Waals surface area contributed by atoms with E-state index >= 15 is 0 Å². The third-order valence-electron chi connectivity index (χ3n) is 4.51. The zero-order valence-electron chi connectivity index (χ0n) is 14.3. The number of nitrogens with zero attached hydrogens (tertiary/aromatic N) is 2. The zero-order chi connectivity index (χ0) is 17.1. The highest BCUT2D eigenvalue weighted by Gasteiger charge is 2.13. The topological polar surface area (TPSA) is 17.3 Å². The monoisotopic (exact) mass is 324 g/mol. The van der Waals surface area contributed by atoms with Crippen LogP contribution in [0.2, 0.25) is 0 Å². The molecule has 0 saturated carbocycles. The van der Waals surface area contributed by atoms with Crippen molar-refractivity contribution in [3.63, 3.8) is 0 Å². The molecule has 0 saturated heterocycles. The Balaban J connectivity index is 1.83. The molecule has 0 unspecified atom stereocenters. The van der Waals surface area contributed by atoms with E-state index in [1.54, 1.807) is 0 Å². The number of benzene rings is 3. The summed E-state index contributed by atoms with van der Waals surface area (Å²) in [5.74, 6) is 1.02. The molecule has 0 aliphatic rings. The molecule has 25 heavy (non-hydrogen) atoms. The molecular formula is C23H20N2. The normalized spacial score (nSPS) is 11.4. The second kappa shape index (κ2) is 6.78. The Labute approximate surface area is 148 Å². The number of hydrogen-bond donors (Lipinski definition) is 0. The van der Waals surface area contributed by atoms with Gasteiger partial charge in [0, 0.05) is 23.7 Å². The minimum atomic E-state index is 0.816. The molecule has 122 valence electrons. The molecule has 4 aromatic rings. The fourth-order valence-electron chi connectivity index (χ4n) is 3.23. The fraction of sp³-hybridized carbons (Fsp3) is 0.0870. The molecule has 0 fully saturated rings. The van der Waals surface area contributed by atoms with Crippen molar-refractivity contribution in [1.29, 1.82) is 0 Å². The molecule has 1 heterocycles. The first-order chi connectivity index (χ1) is 12.3. The van der Waals surface area contributed by atoms with Crippen LogP contribution in [-0.2, 0) is 6.54 Å². The quantitative estimate of drug-likeness (QED) is 0.425. The van der Waals surface area contributed by atoms with Crippen molar-refractivity contribution in [2.24, 2.45) is 4.99 Å². The molecule has 3 aromatic carbocycles. The van der Waals surface area contributed by atoms with E-state index in [1.807, 2.05) is 24.4 Å². The smallest absolute Gasteiger partial charge is 0.136 e. The molecule has 0 atom stereocenters. The third-order valence-corrected chi connectivity index (χ3v) is 4.51. The lowest BCUT2D eigenvalue weighted by Crippen LogP contribution is -1.99. The Morgan fingerprint density at radius 3 is 2.20 bits per heavy atom. The van der Waals surface area contributed by atoms with Crippen molar-refractivity contribution in [3.05, 3.63) is 102 Å². The molecule has 0 aliphatic heterocycles. The van der Waals surface area contributed by atoms with E-state index < -0.39 is 0 Å². The van der Waals surface area contributed by atoms with E-state index in [0.717, 1.165) is 17.9 Å². The van der Waals surface area contributed by atoms with Gasteiger partial charge in [-0.1, -0.05) is 78.9 Å². The van der Waals surface area contributed by atoms with Crippen molar-refractivity contribution >= 4 is 22.9 Å². The van der Waals surface area contributed by atoms with Crippen molar-refractivity contribution in [2.75, 3.05) is 0 Å². The fourth-order valence-corrected chi connectivity index (χ4v) is 3.23. The molecule has 0 bridgehead atoms. The van der Waals surface area contributed by atoms with Gasteiger partial charge in [0.05, 0.1) is 5.52 Å². The highest BCUT2D eigenvalue weighted by Crippen LogP contribution is 2.32. The van der Waals surface area contributed by atoms with Gasteiger partial charge >= 0.3 is 0 Å². The Kier molecular flexibility index (Phi) is 4.17. The molecular weight excluding hydrogens is 304 g/mol. The van der Waals surface area contributed by atoms with Gasteiger partial charge in [-0.3, -0.25) is 0 Å². The van der Waals surface area contributed by atoms with E-state index in [-0.39, 0.29) is 0 Å². The summed E-state index contributed by atoms with van der Waals surface area (Å²) < 4.78 is 2.31. The highest BCUT2D eigenvalue weighted by molar-refractivity contribution is 5.91. The number of para-hydroxylation sites is 1. The maximum absolute atomic E-state index is 4.85. The van der Waals surface area contributed by atoms with Crippen LogP contribution in [0.1, 0.15) is 16.7 Å². The molecule has 0 spiro atoms. The van der Waals surface area contributed by atoms with Crippen molar-refractivity contribution in [2.45, 2.75) is 13.5 Å². The van der Waals surface area contributed by atoms with Crippen molar-refractivity contribution in [3.8, 4) is 0 Å². The minimum absolute atomic E-state index is 0.816. The molecule has 4 rings (SSSR count). The van der Waals surface area contributed by atoms with Gasteiger partial charge < -0.3 is 4.57 Å². The summed E-state index contributed by atoms with van der Waals surface area (Å²) in [6.45, 7) is 2.97. The average molecular weight is 324 g/mol. The summed E-state index contributed by atoms with van der Waals surface area (Å²) in [6, 6.07) is 29.3. The number of fused-ring (bicyclic) bond motifs is 1. The molecule has 1 aromatic heterocycles. The largest absolute Gasteiger partial charge is 0.321 e. The maximum Gasteiger partial charge on any atom is 0.136 e. The van der Waals surface area contributed by atoms with Crippen LogP contribution in [0.15, 0.2) is 89.9 Å². The van der Waals surface area contributed by atoms with E-state index in [2.05, 4.69) is 78.2 Å². The lowest BCUT2D eigenvalue weighted by molar-refractivity contribution is 0.836. The molecule has 2 heteroatoms. The van der Waals surface area contributed by atoms with Crippen LogP contribution >= 0.6 is 0 Å². The molecule has 0 amide bonds. The zero-order valence-corrected chi connectivity index (χ0v) is 14.3. The second-order valence-corrected chi connectivity index (χ2v) is 6.21. The van der Waals surface area contributed by atoms with Crippen LogP contribution in [0.3, 0.4) is 0 Å². The van der Waals surface area contributed by atoms with Gasteiger partial charge in [0.15, 0.2) is 0 Å². The SMILES string of the molecule is Cc1c(N=Cc2ccccc2)n(Cc2ccccc2)c2ccccc12. The van der Waals surface area contributed by atoms with Gasteiger partial charge in [0.2, 0.25) is 0 Å². The molecule has 0 aliphatic carbocycles. The Hall–Kier alpha value is -3.13. The van der Waals surface area contributed by atoms with E-state index in [4.69, 9.17) is 4.99 Å². The number of aromatic nitrogens is 1. The first-order valence-corrected chi connectivity index (χ1v) is 8.54. The van der Waals surface area contributed by atoms with Gasteiger partial charge in [-0.2, -0.15) is 0 Å². The Morgan fingerprint density at radius 1 is 0.800 bits per heavy atom. The van der Waals surface area contributed by atoms with Gasteiger partial charge in [0.25, 0.3) is 0 Å². The molecule has 0 radical (unpaired) electrons. The summed E-state index contributed by atoms with van der Waals surface area (Å²) in [7, 11) is 0. The minimum Gasteiger partial charge on any atom is -0.321 e.